The number of aromatic amines is 1. The zero-order chi connectivity index (χ0) is 9.26. The van der Waals surface area contributed by atoms with Crippen LogP contribution in [0.3, 0.4) is 0 Å². The Kier molecular flexibility index (Phi) is 2.36. The Balaban J connectivity index is 2.07. The van der Waals surface area contributed by atoms with Gasteiger partial charge in [-0.2, -0.15) is 5.10 Å². The standard InChI is InChI=1S/C10H17N3/c1-7-10(8(2)13-12-7)5-9-3-4-11-6-9/h9,11H,3-6H2,1-2H3,(H,12,13). The minimum Gasteiger partial charge on any atom is -0.316 e. The Morgan fingerprint density at radius 1 is 1.46 bits per heavy atom. The fourth-order valence-electron chi connectivity index (χ4n) is 2.05. The molecule has 0 radical (unpaired) electrons. The third kappa shape index (κ3) is 1.75. The summed E-state index contributed by atoms with van der Waals surface area (Å²) in [6.07, 6.45) is 2.49. The van der Waals surface area contributed by atoms with Crippen molar-refractivity contribution in [1.82, 2.24) is 15.5 Å². The molecule has 0 spiro atoms. The lowest BCUT2D eigenvalue weighted by molar-refractivity contribution is 0.577. The molecule has 2 rings (SSSR count). The number of hydrogen-bond acceptors (Lipinski definition) is 2. The number of nitrogens with one attached hydrogen (secondary N) is 2. The zero-order valence-corrected chi connectivity index (χ0v) is 8.35. The highest BCUT2D eigenvalue weighted by Crippen LogP contribution is 2.18. The Morgan fingerprint density at radius 2 is 2.31 bits per heavy atom. The van der Waals surface area contributed by atoms with Gasteiger partial charge in [-0.25, -0.2) is 0 Å². The van der Waals surface area contributed by atoms with E-state index in [1.807, 2.05) is 0 Å². The van der Waals surface area contributed by atoms with E-state index in [2.05, 4.69) is 29.4 Å². The molecule has 2 N–H and O–H groups in total. The maximum atomic E-state index is 4.21. The molecule has 1 unspecified atom stereocenters. The lowest BCUT2D eigenvalue weighted by atomic mass is 9.97. The fourth-order valence-corrected chi connectivity index (χ4v) is 2.05. The average molecular weight is 179 g/mol. The molecule has 2 heterocycles. The second kappa shape index (κ2) is 3.50. The van der Waals surface area contributed by atoms with Crippen LogP contribution in [0.1, 0.15) is 23.4 Å². The van der Waals surface area contributed by atoms with Crippen LogP contribution in [-0.2, 0) is 6.42 Å². The third-order valence-electron chi connectivity index (χ3n) is 2.94. The smallest absolute Gasteiger partial charge is 0.0626 e. The van der Waals surface area contributed by atoms with Gasteiger partial charge in [0.2, 0.25) is 0 Å². The van der Waals surface area contributed by atoms with Gasteiger partial charge in [0.05, 0.1) is 5.69 Å². The predicted octanol–water partition coefficient (Wildman–Crippen LogP) is 1.18. The average Bonchev–Trinajstić information content (AvgIpc) is 2.70. The molecule has 3 nitrogen and oxygen atoms in total. The number of aryl methyl sites for hydroxylation is 2. The maximum absolute atomic E-state index is 4.21. The number of H-pyrrole nitrogens is 1. The zero-order valence-electron chi connectivity index (χ0n) is 8.35. The Bertz CT molecular complexity index is 265. The summed E-state index contributed by atoms with van der Waals surface area (Å²) in [4.78, 5) is 0. The first kappa shape index (κ1) is 8.75. The molecule has 1 aliphatic heterocycles. The van der Waals surface area contributed by atoms with Gasteiger partial charge < -0.3 is 5.32 Å². The fraction of sp³-hybridized carbons (Fsp3) is 0.700. The Hall–Kier alpha value is -0.830. The Labute approximate surface area is 78.9 Å². The highest BCUT2D eigenvalue weighted by Gasteiger charge is 2.17. The molecule has 1 aromatic heterocycles. The molecule has 1 aliphatic rings. The van der Waals surface area contributed by atoms with Crippen molar-refractivity contribution in [2.75, 3.05) is 13.1 Å². The van der Waals surface area contributed by atoms with Crippen LogP contribution in [-0.4, -0.2) is 23.3 Å². The van der Waals surface area contributed by atoms with Crippen molar-refractivity contribution >= 4 is 0 Å². The summed E-state index contributed by atoms with van der Waals surface area (Å²) in [6, 6.07) is 0. The van der Waals surface area contributed by atoms with E-state index in [1.54, 1.807) is 0 Å². The largest absolute Gasteiger partial charge is 0.316 e. The molecule has 1 fully saturated rings. The van der Waals surface area contributed by atoms with Crippen LogP contribution >= 0.6 is 0 Å². The monoisotopic (exact) mass is 179 g/mol. The molecule has 72 valence electrons. The third-order valence-corrected chi connectivity index (χ3v) is 2.94. The minimum absolute atomic E-state index is 0.815. The summed E-state index contributed by atoms with van der Waals surface area (Å²) < 4.78 is 0. The van der Waals surface area contributed by atoms with E-state index in [0.717, 1.165) is 5.92 Å². The second-order valence-corrected chi connectivity index (χ2v) is 3.98. The molecule has 1 atom stereocenters. The minimum atomic E-state index is 0.815. The van der Waals surface area contributed by atoms with E-state index < -0.39 is 0 Å². The van der Waals surface area contributed by atoms with E-state index in [1.165, 1.54) is 42.9 Å². The summed E-state index contributed by atoms with van der Waals surface area (Å²) in [5.41, 5.74) is 3.84. The van der Waals surface area contributed by atoms with Crippen molar-refractivity contribution in [2.45, 2.75) is 26.7 Å². The van der Waals surface area contributed by atoms with Gasteiger partial charge in [0.1, 0.15) is 0 Å². The number of hydrogen-bond donors (Lipinski definition) is 2. The highest BCUT2D eigenvalue weighted by molar-refractivity contribution is 5.23. The van der Waals surface area contributed by atoms with E-state index >= 15 is 0 Å². The van der Waals surface area contributed by atoms with E-state index in [-0.39, 0.29) is 0 Å². The van der Waals surface area contributed by atoms with Crippen molar-refractivity contribution in [3.05, 3.63) is 17.0 Å². The van der Waals surface area contributed by atoms with Crippen LogP contribution in [0, 0.1) is 19.8 Å². The van der Waals surface area contributed by atoms with E-state index in [4.69, 9.17) is 0 Å². The summed E-state index contributed by atoms with van der Waals surface area (Å²) in [5.74, 6) is 0.815. The molecule has 0 aromatic carbocycles. The number of rotatable bonds is 2. The summed E-state index contributed by atoms with van der Waals surface area (Å²) in [7, 11) is 0. The number of aromatic nitrogens is 2. The van der Waals surface area contributed by atoms with Crippen molar-refractivity contribution < 1.29 is 0 Å². The molecule has 1 aromatic rings. The van der Waals surface area contributed by atoms with Gasteiger partial charge in [-0.1, -0.05) is 0 Å². The summed E-state index contributed by atoms with van der Waals surface area (Å²) >= 11 is 0. The molecule has 0 bridgehead atoms. The molecule has 0 aliphatic carbocycles. The first-order valence-electron chi connectivity index (χ1n) is 4.98. The van der Waals surface area contributed by atoms with Gasteiger partial charge in [-0.05, 0) is 51.3 Å². The van der Waals surface area contributed by atoms with Crippen LogP contribution in [0.2, 0.25) is 0 Å². The molecular weight excluding hydrogens is 162 g/mol. The van der Waals surface area contributed by atoms with Crippen molar-refractivity contribution in [3.63, 3.8) is 0 Å². The SMILES string of the molecule is Cc1n[nH]c(C)c1CC1CCNC1. The van der Waals surface area contributed by atoms with Crippen LogP contribution in [0.4, 0.5) is 0 Å². The molecule has 13 heavy (non-hydrogen) atoms. The first-order chi connectivity index (χ1) is 6.27. The van der Waals surface area contributed by atoms with Crippen LogP contribution < -0.4 is 5.32 Å². The van der Waals surface area contributed by atoms with Crippen molar-refractivity contribution in [1.29, 1.82) is 0 Å². The van der Waals surface area contributed by atoms with E-state index in [0.29, 0.717) is 0 Å². The number of nitrogens with zero attached hydrogens (tertiary/aromatic N) is 1. The topological polar surface area (TPSA) is 40.7 Å². The lowest BCUT2D eigenvalue weighted by Gasteiger charge is -2.07. The van der Waals surface area contributed by atoms with Crippen molar-refractivity contribution in [2.24, 2.45) is 5.92 Å². The molecule has 0 saturated carbocycles. The van der Waals surface area contributed by atoms with Gasteiger partial charge >= 0.3 is 0 Å². The van der Waals surface area contributed by atoms with Crippen molar-refractivity contribution in [3.8, 4) is 0 Å². The quantitative estimate of drug-likeness (QED) is 0.715. The second-order valence-electron chi connectivity index (χ2n) is 3.98. The highest BCUT2D eigenvalue weighted by atomic mass is 15.1. The molecule has 3 heteroatoms. The Morgan fingerprint density at radius 3 is 2.85 bits per heavy atom. The van der Waals surface area contributed by atoms with Crippen LogP contribution in [0.25, 0.3) is 0 Å². The van der Waals surface area contributed by atoms with Gasteiger partial charge in [-0.3, -0.25) is 5.10 Å². The maximum Gasteiger partial charge on any atom is 0.0626 e. The lowest BCUT2D eigenvalue weighted by Crippen LogP contribution is -2.11. The van der Waals surface area contributed by atoms with Crippen LogP contribution in [0.5, 0.6) is 0 Å². The molecule has 0 amide bonds. The van der Waals surface area contributed by atoms with Gasteiger partial charge in [0, 0.05) is 5.69 Å². The van der Waals surface area contributed by atoms with Gasteiger partial charge in [0.15, 0.2) is 0 Å². The normalized spacial score (nSPS) is 22.5. The summed E-state index contributed by atoms with van der Waals surface area (Å²) in [6.45, 7) is 6.55. The molecular formula is C10H17N3. The van der Waals surface area contributed by atoms with Gasteiger partial charge in [-0.15, -0.1) is 0 Å². The van der Waals surface area contributed by atoms with Gasteiger partial charge in [0.25, 0.3) is 0 Å². The van der Waals surface area contributed by atoms with E-state index in [9.17, 15) is 0 Å². The predicted molar refractivity (Wildman–Crippen MR) is 52.7 cm³/mol. The molecule has 1 saturated heterocycles. The summed E-state index contributed by atoms with van der Waals surface area (Å²) in [5, 5.41) is 10.6. The van der Waals surface area contributed by atoms with Crippen LogP contribution in [0.15, 0.2) is 0 Å². The first-order valence-corrected chi connectivity index (χ1v) is 4.98.